The smallest absolute Gasteiger partial charge is 0.256 e. The van der Waals surface area contributed by atoms with E-state index >= 15 is 0 Å². The van der Waals surface area contributed by atoms with Gasteiger partial charge in [-0.1, -0.05) is 19.3 Å². The predicted molar refractivity (Wildman–Crippen MR) is 124 cm³/mol. The van der Waals surface area contributed by atoms with Crippen molar-refractivity contribution in [3.05, 3.63) is 35.6 Å². The third-order valence-electron chi connectivity index (χ3n) is 6.58. The van der Waals surface area contributed by atoms with E-state index in [1.807, 2.05) is 0 Å². The highest BCUT2D eigenvalue weighted by atomic mass is 19.1. The lowest BCUT2D eigenvalue weighted by molar-refractivity contribution is 0.0533. The van der Waals surface area contributed by atoms with Crippen molar-refractivity contribution in [2.75, 3.05) is 25.1 Å². The maximum atomic E-state index is 13.8. The van der Waals surface area contributed by atoms with E-state index in [1.54, 1.807) is 26.2 Å². The van der Waals surface area contributed by atoms with E-state index in [4.69, 9.17) is 15.5 Å². The van der Waals surface area contributed by atoms with Gasteiger partial charge < -0.3 is 26.0 Å². The zero-order valence-electron chi connectivity index (χ0n) is 18.9. The molecule has 3 unspecified atom stereocenters. The SMILES string of the molecule is COC1CN(c2nc3ccc(F)cc3cc2C(=O)NC(C)N)CCC1NC1CCCCC1. The predicted octanol–water partition coefficient (Wildman–Crippen LogP) is 2.92. The molecule has 2 heterocycles. The lowest BCUT2D eigenvalue weighted by Gasteiger charge is -2.41. The molecule has 2 fully saturated rings. The highest BCUT2D eigenvalue weighted by Crippen LogP contribution is 2.28. The first kappa shape index (κ1) is 22.9. The fourth-order valence-corrected chi connectivity index (χ4v) is 4.94. The van der Waals surface area contributed by atoms with Gasteiger partial charge in [-0.15, -0.1) is 0 Å². The molecule has 1 amide bonds. The average Bonchev–Trinajstić information content (AvgIpc) is 2.78. The van der Waals surface area contributed by atoms with E-state index in [2.05, 4.69) is 15.5 Å². The van der Waals surface area contributed by atoms with Crippen LogP contribution in [0.25, 0.3) is 10.9 Å². The van der Waals surface area contributed by atoms with Crippen LogP contribution in [0, 0.1) is 5.82 Å². The number of halogens is 1. The van der Waals surface area contributed by atoms with Gasteiger partial charge in [0.2, 0.25) is 0 Å². The van der Waals surface area contributed by atoms with Crippen molar-refractivity contribution >= 4 is 22.6 Å². The van der Waals surface area contributed by atoms with E-state index < -0.39 is 6.17 Å². The summed E-state index contributed by atoms with van der Waals surface area (Å²) in [4.78, 5) is 19.8. The van der Waals surface area contributed by atoms with E-state index in [0.29, 0.717) is 34.9 Å². The summed E-state index contributed by atoms with van der Waals surface area (Å²) >= 11 is 0. The molecule has 1 aliphatic heterocycles. The zero-order valence-corrected chi connectivity index (χ0v) is 18.9. The number of amides is 1. The number of nitrogens with zero attached hydrogens (tertiary/aromatic N) is 2. The Bertz CT molecular complexity index is 947. The molecular formula is C24H34FN5O2. The molecular weight excluding hydrogens is 409 g/mol. The number of piperidine rings is 1. The molecule has 0 bridgehead atoms. The van der Waals surface area contributed by atoms with Crippen LogP contribution in [0.2, 0.25) is 0 Å². The molecule has 32 heavy (non-hydrogen) atoms. The summed E-state index contributed by atoms with van der Waals surface area (Å²) in [5.41, 5.74) is 6.84. The second-order valence-corrected chi connectivity index (χ2v) is 9.08. The summed E-state index contributed by atoms with van der Waals surface area (Å²) in [6.07, 6.45) is 6.72. The Morgan fingerprint density at radius 1 is 1.25 bits per heavy atom. The lowest BCUT2D eigenvalue weighted by atomic mass is 9.92. The summed E-state index contributed by atoms with van der Waals surface area (Å²) in [5, 5.41) is 7.15. The first-order valence-electron chi connectivity index (χ1n) is 11.6. The standard InChI is InChI=1S/C24H34FN5O2/c1-15(26)27-24(31)19-13-16-12-17(25)8-9-20(16)29-23(19)30-11-10-21(22(14-30)32-2)28-18-6-4-3-5-7-18/h8-9,12-13,15,18,21-22,28H,3-7,10-11,14,26H2,1-2H3,(H,27,31). The number of pyridine rings is 1. The summed E-state index contributed by atoms with van der Waals surface area (Å²) in [6.45, 7) is 3.08. The molecule has 2 aliphatic rings. The van der Waals surface area contributed by atoms with Crippen molar-refractivity contribution in [3.8, 4) is 0 Å². The molecule has 1 aromatic carbocycles. The molecule has 174 valence electrons. The number of aromatic nitrogens is 1. The summed E-state index contributed by atoms with van der Waals surface area (Å²) in [6, 6.07) is 6.96. The highest BCUT2D eigenvalue weighted by molar-refractivity contribution is 6.02. The molecule has 4 N–H and O–H groups in total. The van der Waals surface area contributed by atoms with Crippen LogP contribution in [0.5, 0.6) is 0 Å². The molecule has 1 aliphatic carbocycles. The molecule has 1 saturated carbocycles. The van der Waals surface area contributed by atoms with Crippen LogP contribution in [0.1, 0.15) is 55.8 Å². The van der Waals surface area contributed by atoms with Crippen molar-refractivity contribution in [3.63, 3.8) is 0 Å². The minimum absolute atomic E-state index is 0.0132. The largest absolute Gasteiger partial charge is 0.378 e. The number of hydrogen-bond acceptors (Lipinski definition) is 6. The van der Waals surface area contributed by atoms with Gasteiger partial charge in [-0.25, -0.2) is 9.37 Å². The Balaban J connectivity index is 1.60. The van der Waals surface area contributed by atoms with Gasteiger partial charge in [0.05, 0.1) is 23.3 Å². The monoisotopic (exact) mass is 443 g/mol. The number of carbonyl (C=O) groups excluding carboxylic acids is 1. The highest BCUT2D eigenvalue weighted by Gasteiger charge is 2.33. The Hall–Kier alpha value is -2.29. The van der Waals surface area contributed by atoms with Crippen LogP contribution in [-0.4, -0.2) is 55.4 Å². The van der Waals surface area contributed by atoms with Gasteiger partial charge in [-0.05, 0) is 50.5 Å². The first-order valence-corrected chi connectivity index (χ1v) is 11.6. The van der Waals surface area contributed by atoms with Gasteiger partial charge in [0.1, 0.15) is 11.6 Å². The first-order chi connectivity index (χ1) is 15.4. The van der Waals surface area contributed by atoms with Crippen molar-refractivity contribution in [2.45, 2.75) is 69.8 Å². The second-order valence-electron chi connectivity index (χ2n) is 9.08. The number of nitrogens with one attached hydrogen (secondary N) is 2. The Morgan fingerprint density at radius 2 is 2.03 bits per heavy atom. The molecule has 8 heteroatoms. The maximum absolute atomic E-state index is 13.8. The van der Waals surface area contributed by atoms with Crippen LogP contribution >= 0.6 is 0 Å². The van der Waals surface area contributed by atoms with Gasteiger partial charge in [-0.2, -0.15) is 0 Å². The second kappa shape index (κ2) is 10.1. The summed E-state index contributed by atoms with van der Waals surface area (Å²) in [5.74, 6) is -0.0924. The molecule has 4 rings (SSSR count). The minimum Gasteiger partial charge on any atom is -0.378 e. The Kier molecular flexibility index (Phi) is 7.23. The maximum Gasteiger partial charge on any atom is 0.256 e. The van der Waals surface area contributed by atoms with Gasteiger partial charge in [-0.3, -0.25) is 4.79 Å². The number of rotatable bonds is 6. The van der Waals surface area contributed by atoms with Gasteiger partial charge in [0, 0.05) is 37.7 Å². The van der Waals surface area contributed by atoms with Crippen LogP contribution in [0.4, 0.5) is 10.2 Å². The van der Waals surface area contributed by atoms with E-state index in [1.165, 1.54) is 44.2 Å². The summed E-state index contributed by atoms with van der Waals surface area (Å²) < 4.78 is 19.6. The van der Waals surface area contributed by atoms with Crippen LogP contribution < -0.4 is 21.3 Å². The number of anilines is 1. The zero-order chi connectivity index (χ0) is 22.7. The van der Waals surface area contributed by atoms with Crippen molar-refractivity contribution in [1.29, 1.82) is 0 Å². The molecule has 0 radical (unpaired) electrons. The van der Waals surface area contributed by atoms with Gasteiger partial charge >= 0.3 is 0 Å². The van der Waals surface area contributed by atoms with Gasteiger partial charge in [0.25, 0.3) is 5.91 Å². The third kappa shape index (κ3) is 5.19. The molecule has 2 aromatic rings. The normalized spacial score (nSPS) is 23.3. The summed E-state index contributed by atoms with van der Waals surface area (Å²) in [7, 11) is 1.74. The topological polar surface area (TPSA) is 92.5 Å². The third-order valence-corrected chi connectivity index (χ3v) is 6.58. The number of nitrogens with two attached hydrogens (primary N) is 1. The Morgan fingerprint density at radius 3 is 2.75 bits per heavy atom. The minimum atomic E-state index is -0.504. The number of methoxy groups -OCH3 is 1. The molecule has 7 nitrogen and oxygen atoms in total. The average molecular weight is 444 g/mol. The molecule has 1 saturated heterocycles. The van der Waals surface area contributed by atoms with Gasteiger partial charge in [0.15, 0.2) is 0 Å². The van der Waals surface area contributed by atoms with E-state index in [9.17, 15) is 9.18 Å². The van der Waals surface area contributed by atoms with E-state index in [-0.39, 0.29) is 23.9 Å². The molecule has 0 spiro atoms. The number of ether oxygens (including phenoxy) is 1. The number of fused-ring (bicyclic) bond motifs is 1. The number of benzene rings is 1. The quantitative estimate of drug-likeness (QED) is 0.595. The van der Waals surface area contributed by atoms with Crippen molar-refractivity contribution in [2.24, 2.45) is 5.73 Å². The van der Waals surface area contributed by atoms with E-state index in [0.717, 1.165) is 13.0 Å². The fourth-order valence-electron chi connectivity index (χ4n) is 4.94. The lowest BCUT2D eigenvalue weighted by Crippen LogP contribution is -2.56. The fraction of sp³-hybridized carbons (Fsp3) is 0.583. The number of hydrogen-bond donors (Lipinski definition) is 3. The van der Waals surface area contributed by atoms with Crippen LogP contribution in [-0.2, 0) is 4.74 Å². The van der Waals surface area contributed by atoms with Crippen LogP contribution in [0.15, 0.2) is 24.3 Å². The molecule has 1 aromatic heterocycles. The number of carbonyl (C=O) groups is 1. The Labute approximate surface area is 188 Å². The molecule has 3 atom stereocenters. The van der Waals surface area contributed by atoms with Crippen LogP contribution in [0.3, 0.4) is 0 Å². The van der Waals surface area contributed by atoms with Crippen molar-refractivity contribution in [1.82, 2.24) is 15.6 Å². The van der Waals surface area contributed by atoms with Crippen molar-refractivity contribution < 1.29 is 13.9 Å².